The van der Waals surface area contributed by atoms with Gasteiger partial charge in [0.1, 0.15) is 0 Å². The normalized spacial score (nSPS) is 33.7. The van der Waals surface area contributed by atoms with Gasteiger partial charge < -0.3 is 4.90 Å². The molecule has 2 nitrogen and oxygen atoms in total. The van der Waals surface area contributed by atoms with Crippen LogP contribution in [0, 0.1) is 10.8 Å². The highest BCUT2D eigenvalue weighted by Crippen LogP contribution is 2.52. The number of carbonyl (C=O) groups is 1. The van der Waals surface area contributed by atoms with E-state index < -0.39 is 0 Å². The Bertz CT molecular complexity index is 465. The molecule has 2 bridgehead atoms. The highest BCUT2D eigenvalue weighted by molar-refractivity contribution is 7.12. The molecule has 0 radical (unpaired) electrons. The second-order valence-electron chi connectivity index (χ2n) is 7.12. The largest absolute Gasteiger partial charge is 0.334 e. The predicted octanol–water partition coefficient (Wildman–Crippen LogP) is 3.79. The number of amides is 1. The van der Waals surface area contributed by atoms with Crippen molar-refractivity contribution in [3.8, 4) is 0 Å². The number of carbonyl (C=O) groups excluding carboxylic acids is 1. The summed E-state index contributed by atoms with van der Waals surface area (Å²) >= 11 is 1.56. The summed E-state index contributed by atoms with van der Waals surface area (Å²) in [5, 5.41) is 1.99. The van der Waals surface area contributed by atoms with Crippen LogP contribution in [0.2, 0.25) is 0 Å². The van der Waals surface area contributed by atoms with E-state index in [1.54, 1.807) is 11.3 Å². The Morgan fingerprint density at radius 2 is 2.17 bits per heavy atom. The van der Waals surface area contributed by atoms with Crippen molar-refractivity contribution in [2.24, 2.45) is 10.8 Å². The maximum Gasteiger partial charge on any atom is 0.264 e. The zero-order chi connectivity index (χ0) is 13.0. The van der Waals surface area contributed by atoms with Gasteiger partial charge in [-0.2, -0.15) is 0 Å². The number of fused-ring (bicyclic) bond motifs is 2. The molecule has 2 fully saturated rings. The lowest BCUT2D eigenvalue weighted by Gasteiger charge is -2.39. The number of hydrogen-bond donors (Lipinski definition) is 0. The van der Waals surface area contributed by atoms with Gasteiger partial charge in [0.05, 0.1) is 4.88 Å². The molecule has 0 aromatic carbocycles. The van der Waals surface area contributed by atoms with Gasteiger partial charge in [0.25, 0.3) is 5.91 Å². The topological polar surface area (TPSA) is 20.3 Å². The summed E-state index contributed by atoms with van der Waals surface area (Å²) in [6.45, 7) is 7.98. The molecular formula is C15H21NOS. The molecule has 0 N–H and O–H groups in total. The molecule has 1 saturated heterocycles. The molecule has 1 aliphatic carbocycles. The first-order valence-corrected chi connectivity index (χ1v) is 7.61. The second-order valence-corrected chi connectivity index (χ2v) is 8.07. The van der Waals surface area contributed by atoms with Crippen LogP contribution in [0.3, 0.4) is 0 Å². The van der Waals surface area contributed by atoms with Crippen LogP contribution >= 0.6 is 11.3 Å². The average molecular weight is 263 g/mol. The van der Waals surface area contributed by atoms with Crippen molar-refractivity contribution in [2.75, 3.05) is 6.54 Å². The van der Waals surface area contributed by atoms with Crippen molar-refractivity contribution < 1.29 is 4.79 Å². The maximum atomic E-state index is 12.5. The Morgan fingerprint density at radius 3 is 2.83 bits per heavy atom. The third-order valence-electron chi connectivity index (χ3n) is 4.41. The van der Waals surface area contributed by atoms with E-state index in [1.165, 1.54) is 12.8 Å². The molecule has 98 valence electrons. The third kappa shape index (κ3) is 1.99. The van der Waals surface area contributed by atoms with Gasteiger partial charge in [0, 0.05) is 12.6 Å². The van der Waals surface area contributed by atoms with Gasteiger partial charge in [-0.3, -0.25) is 4.79 Å². The molecule has 1 aromatic heterocycles. The van der Waals surface area contributed by atoms with Crippen LogP contribution in [-0.2, 0) is 0 Å². The average Bonchev–Trinajstić information content (AvgIpc) is 2.82. The van der Waals surface area contributed by atoms with Crippen LogP contribution in [-0.4, -0.2) is 23.4 Å². The number of thiophene rings is 1. The van der Waals surface area contributed by atoms with Gasteiger partial charge in [-0.05, 0) is 41.5 Å². The molecular weight excluding hydrogens is 242 g/mol. The van der Waals surface area contributed by atoms with E-state index in [0.717, 1.165) is 17.8 Å². The first-order valence-electron chi connectivity index (χ1n) is 6.73. The van der Waals surface area contributed by atoms with E-state index in [4.69, 9.17) is 0 Å². The summed E-state index contributed by atoms with van der Waals surface area (Å²) in [6, 6.07) is 4.36. The number of hydrogen-bond acceptors (Lipinski definition) is 2. The van der Waals surface area contributed by atoms with Crippen molar-refractivity contribution in [2.45, 2.75) is 46.1 Å². The summed E-state index contributed by atoms with van der Waals surface area (Å²) in [7, 11) is 0. The summed E-state index contributed by atoms with van der Waals surface area (Å²) in [5.41, 5.74) is 0.710. The predicted molar refractivity (Wildman–Crippen MR) is 74.9 cm³/mol. The Kier molecular flexibility index (Phi) is 2.60. The number of rotatable bonds is 1. The van der Waals surface area contributed by atoms with Crippen molar-refractivity contribution in [1.29, 1.82) is 0 Å². The Morgan fingerprint density at radius 1 is 1.39 bits per heavy atom. The molecule has 0 spiro atoms. The Balaban J connectivity index is 1.86. The van der Waals surface area contributed by atoms with Crippen LogP contribution in [0.25, 0.3) is 0 Å². The van der Waals surface area contributed by atoms with Crippen molar-refractivity contribution in [3.05, 3.63) is 22.4 Å². The minimum atomic E-state index is 0.247. The van der Waals surface area contributed by atoms with Crippen molar-refractivity contribution in [3.63, 3.8) is 0 Å². The smallest absolute Gasteiger partial charge is 0.264 e. The molecule has 2 atom stereocenters. The molecule has 1 aliphatic heterocycles. The standard InChI is InChI=1S/C15H21NOS/c1-14(2)7-11-8-15(3,9-14)10-16(11)13(17)12-5-4-6-18-12/h4-6,11H,7-10H2,1-3H3/t11-,15+/m1/s1. The van der Waals surface area contributed by atoms with Crippen LogP contribution in [0.4, 0.5) is 0 Å². The molecule has 3 heteroatoms. The zero-order valence-corrected chi connectivity index (χ0v) is 12.2. The number of nitrogens with zero attached hydrogens (tertiary/aromatic N) is 1. The highest BCUT2D eigenvalue weighted by atomic mass is 32.1. The molecule has 2 heterocycles. The second kappa shape index (κ2) is 3.83. The van der Waals surface area contributed by atoms with Gasteiger partial charge in [-0.1, -0.05) is 26.8 Å². The summed E-state index contributed by atoms with van der Waals surface area (Å²) in [5.74, 6) is 0.247. The third-order valence-corrected chi connectivity index (χ3v) is 5.27. The van der Waals surface area contributed by atoms with Crippen LogP contribution < -0.4 is 0 Å². The molecule has 1 amide bonds. The zero-order valence-electron chi connectivity index (χ0n) is 11.4. The Labute approximate surface area is 113 Å². The maximum absolute atomic E-state index is 12.5. The quantitative estimate of drug-likeness (QED) is 0.755. The molecule has 3 rings (SSSR count). The van der Waals surface area contributed by atoms with Crippen molar-refractivity contribution in [1.82, 2.24) is 4.90 Å². The van der Waals surface area contributed by atoms with Gasteiger partial charge in [-0.25, -0.2) is 0 Å². The van der Waals surface area contributed by atoms with Crippen LogP contribution in [0.15, 0.2) is 17.5 Å². The van der Waals surface area contributed by atoms with E-state index in [9.17, 15) is 4.79 Å². The highest BCUT2D eigenvalue weighted by Gasteiger charge is 2.51. The lowest BCUT2D eigenvalue weighted by molar-refractivity contribution is 0.0713. The van der Waals surface area contributed by atoms with E-state index in [1.807, 2.05) is 17.5 Å². The van der Waals surface area contributed by atoms with E-state index >= 15 is 0 Å². The van der Waals surface area contributed by atoms with Gasteiger partial charge in [0.15, 0.2) is 0 Å². The van der Waals surface area contributed by atoms with E-state index in [2.05, 4.69) is 25.7 Å². The lowest BCUT2D eigenvalue weighted by Crippen LogP contribution is -2.37. The molecule has 1 saturated carbocycles. The van der Waals surface area contributed by atoms with Crippen LogP contribution in [0.1, 0.15) is 49.7 Å². The summed E-state index contributed by atoms with van der Waals surface area (Å²) in [6.07, 6.45) is 3.58. The monoisotopic (exact) mass is 263 g/mol. The summed E-state index contributed by atoms with van der Waals surface area (Å²) < 4.78 is 0. The van der Waals surface area contributed by atoms with Gasteiger partial charge >= 0.3 is 0 Å². The fraction of sp³-hybridized carbons (Fsp3) is 0.667. The van der Waals surface area contributed by atoms with Gasteiger partial charge in [0.2, 0.25) is 0 Å². The molecule has 18 heavy (non-hydrogen) atoms. The van der Waals surface area contributed by atoms with Crippen molar-refractivity contribution >= 4 is 17.2 Å². The minimum Gasteiger partial charge on any atom is -0.334 e. The van der Waals surface area contributed by atoms with Gasteiger partial charge in [-0.15, -0.1) is 11.3 Å². The SMILES string of the molecule is CC1(C)C[C@@H]2C[C@](C)(CN2C(=O)c2cccs2)C1. The molecule has 2 aliphatic rings. The van der Waals surface area contributed by atoms with E-state index in [0.29, 0.717) is 16.9 Å². The van der Waals surface area contributed by atoms with Crippen LogP contribution in [0.5, 0.6) is 0 Å². The summed E-state index contributed by atoms with van der Waals surface area (Å²) in [4.78, 5) is 15.6. The van der Waals surface area contributed by atoms with E-state index in [-0.39, 0.29) is 5.91 Å². The first-order chi connectivity index (χ1) is 8.39. The molecule has 0 unspecified atom stereocenters. The number of likely N-dealkylation sites (tertiary alicyclic amines) is 1. The Hall–Kier alpha value is -0.830. The fourth-order valence-corrected chi connectivity index (χ4v) is 4.92. The lowest BCUT2D eigenvalue weighted by atomic mass is 9.65. The first kappa shape index (κ1) is 12.2. The molecule has 1 aromatic rings. The fourth-order valence-electron chi connectivity index (χ4n) is 4.24. The minimum absolute atomic E-state index is 0.247.